The lowest BCUT2D eigenvalue weighted by Gasteiger charge is -2.63. The van der Waals surface area contributed by atoms with Crippen LogP contribution in [0, 0.1) is 46.3 Å². The van der Waals surface area contributed by atoms with Crippen LogP contribution in [0.2, 0.25) is 0 Å². The van der Waals surface area contributed by atoms with E-state index in [1.807, 2.05) is 0 Å². The lowest BCUT2D eigenvalue weighted by Crippen LogP contribution is -2.62. The topological polar surface area (TPSA) is 132 Å². The number of carbonyl (C=O) groups excluding carboxylic acids is 1. The molecule has 0 heterocycles. The van der Waals surface area contributed by atoms with Gasteiger partial charge in [-0.1, -0.05) is 26.8 Å². The molecule has 0 aliphatic heterocycles. The third kappa shape index (κ3) is 4.94. The third-order valence-electron chi connectivity index (χ3n) is 12.0. The van der Waals surface area contributed by atoms with Gasteiger partial charge in [0.1, 0.15) is 0 Å². The van der Waals surface area contributed by atoms with Crippen molar-refractivity contribution in [3.63, 3.8) is 0 Å². The smallest absolute Gasteiger partial charge is 0.240 e. The van der Waals surface area contributed by atoms with Gasteiger partial charge in [-0.3, -0.25) is 4.79 Å². The Kier molecular flexibility index (Phi) is 8.25. The summed E-state index contributed by atoms with van der Waals surface area (Å²) in [6.45, 7) is 6.79. The van der Waals surface area contributed by atoms with Crippen LogP contribution in [-0.4, -0.2) is 58.0 Å². The van der Waals surface area contributed by atoms with Crippen LogP contribution >= 0.6 is 0 Å². The van der Waals surface area contributed by atoms with E-state index in [9.17, 15) is 25.2 Å². The maximum Gasteiger partial charge on any atom is 0.240 e. The fraction of sp³-hybridized carbons (Fsp3) is 0.750. The molecule has 5 rings (SSSR count). The Morgan fingerprint density at radius 2 is 1.93 bits per heavy atom. The lowest BCUT2D eigenvalue weighted by atomic mass is 9.43. The van der Waals surface area contributed by atoms with Crippen molar-refractivity contribution < 1.29 is 30.0 Å². The highest BCUT2D eigenvalue weighted by Crippen LogP contribution is 2.68. The maximum atomic E-state index is 12.6. The molecule has 1 aromatic rings. The summed E-state index contributed by atoms with van der Waals surface area (Å²) in [5.41, 5.74) is 2.81. The molecular formula is C32H48N2O6. The van der Waals surface area contributed by atoms with Gasteiger partial charge in [-0.05, 0) is 110 Å². The molecule has 222 valence electrons. The van der Waals surface area contributed by atoms with Crippen molar-refractivity contribution in [1.29, 1.82) is 0 Å². The fourth-order valence-electron chi connectivity index (χ4n) is 9.73. The number of phenols is 1. The second-order valence-electron chi connectivity index (χ2n) is 13.7. The van der Waals surface area contributed by atoms with Crippen molar-refractivity contribution in [1.82, 2.24) is 5.43 Å². The second-order valence-corrected chi connectivity index (χ2v) is 13.7. The van der Waals surface area contributed by atoms with Gasteiger partial charge in [-0.15, -0.1) is 0 Å². The zero-order chi connectivity index (χ0) is 28.8. The number of methoxy groups -OCH3 is 1. The van der Waals surface area contributed by atoms with Crippen LogP contribution < -0.4 is 10.2 Å². The molecular weight excluding hydrogens is 508 g/mol. The van der Waals surface area contributed by atoms with Gasteiger partial charge < -0.3 is 25.2 Å². The number of hydrazone groups is 1. The van der Waals surface area contributed by atoms with Crippen molar-refractivity contribution in [3.05, 3.63) is 23.8 Å². The van der Waals surface area contributed by atoms with E-state index in [1.165, 1.54) is 13.3 Å². The number of hydrogen-bond donors (Lipinski definition) is 5. The largest absolute Gasteiger partial charge is 0.504 e. The number of nitrogens with one attached hydrogen (secondary N) is 1. The molecule has 1 amide bonds. The molecule has 5 N–H and O–H groups in total. The number of nitrogens with zero attached hydrogens (tertiary/aromatic N) is 1. The van der Waals surface area contributed by atoms with Gasteiger partial charge in [0.15, 0.2) is 11.5 Å². The average Bonchev–Trinajstić information content (AvgIpc) is 3.28. The van der Waals surface area contributed by atoms with E-state index in [0.29, 0.717) is 36.5 Å². The Morgan fingerprint density at radius 3 is 2.67 bits per heavy atom. The first-order valence-corrected chi connectivity index (χ1v) is 15.2. The molecule has 0 radical (unpaired) electrons. The van der Waals surface area contributed by atoms with E-state index < -0.39 is 6.10 Å². The maximum absolute atomic E-state index is 12.6. The zero-order valence-corrected chi connectivity index (χ0v) is 24.4. The number of aromatic hydroxyl groups is 1. The van der Waals surface area contributed by atoms with Crippen molar-refractivity contribution in [2.45, 2.75) is 96.9 Å². The summed E-state index contributed by atoms with van der Waals surface area (Å²) in [6, 6.07) is 5.08. The number of aliphatic hydroxyl groups excluding tert-OH is 3. The molecule has 1 aromatic carbocycles. The van der Waals surface area contributed by atoms with Crippen LogP contribution in [0.15, 0.2) is 23.3 Å². The highest BCUT2D eigenvalue weighted by molar-refractivity contribution is 5.86. The second kappa shape index (κ2) is 11.3. The molecule has 0 bridgehead atoms. The summed E-state index contributed by atoms with van der Waals surface area (Å²) in [5.74, 6) is 1.71. The number of benzene rings is 1. The van der Waals surface area contributed by atoms with Gasteiger partial charge in [0, 0.05) is 12.0 Å². The molecule has 0 saturated heterocycles. The normalized spacial score (nSPS) is 41.6. The predicted molar refractivity (Wildman–Crippen MR) is 153 cm³/mol. The Bertz CT molecular complexity index is 1110. The Labute approximate surface area is 238 Å². The van der Waals surface area contributed by atoms with Crippen LogP contribution in [0.25, 0.3) is 0 Å². The molecule has 0 spiro atoms. The van der Waals surface area contributed by atoms with Crippen LogP contribution in [0.3, 0.4) is 0 Å². The monoisotopic (exact) mass is 556 g/mol. The van der Waals surface area contributed by atoms with E-state index in [1.54, 1.807) is 18.2 Å². The summed E-state index contributed by atoms with van der Waals surface area (Å²) >= 11 is 0. The molecule has 8 nitrogen and oxygen atoms in total. The number of aliphatic hydroxyl groups is 3. The summed E-state index contributed by atoms with van der Waals surface area (Å²) in [7, 11) is 1.48. The van der Waals surface area contributed by atoms with E-state index in [0.717, 1.165) is 38.5 Å². The summed E-state index contributed by atoms with van der Waals surface area (Å²) in [4.78, 5) is 12.6. The van der Waals surface area contributed by atoms with E-state index in [2.05, 4.69) is 31.3 Å². The minimum absolute atomic E-state index is 0.0254. The summed E-state index contributed by atoms with van der Waals surface area (Å²) in [5, 5.41) is 47.7. The quantitative estimate of drug-likeness (QED) is 0.252. The van der Waals surface area contributed by atoms with Crippen LogP contribution in [-0.2, 0) is 4.79 Å². The molecule has 4 fully saturated rings. The number of hydrogen-bond acceptors (Lipinski definition) is 7. The van der Waals surface area contributed by atoms with E-state index in [-0.39, 0.29) is 64.3 Å². The van der Waals surface area contributed by atoms with Crippen molar-refractivity contribution in [3.8, 4) is 11.5 Å². The zero-order valence-electron chi connectivity index (χ0n) is 24.4. The van der Waals surface area contributed by atoms with Crippen molar-refractivity contribution in [2.24, 2.45) is 51.4 Å². The van der Waals surface area contributed by atoms with Gasteiger partial charge in [0.25, 0.3) is 0 Å². The van der Waals surface area contributed by atoms with Gasteiger partial charge >= 0.3 is 0 Å². The summed E-state index contributed by atoms with van der Waals surface area (Å²) < 4.78 is 5.11. The molecule has 40 heavy (non-hydrogen) atoms. The SMILES string of the molecule is COc1cccc(/C=N/NC(=O)CC[C@@H](C)[C@H]2CC[C@H]3[C@@H]4[C@H](O)C[C@@H]5C[C@H](O)CC[C@]5(C)[C@H]4C[C@H](O)[C@]23C)c1O. The van der Waals surface area contributed by atoms with Crippen molar-refractivity contribution >= 4 is 12.1 Å². The van der Waals surface area contributed by atoms with Gasteiger partial charge in [0.05, 0.1) is 31.6 Å². The van der Waals surface area contributed by atoms with Crippen LogP contribution in [0.1, 0.15) is 84.1 Å². The third-order valence-corrected chi connectivity index (χ3v) is 12.0. The highest BCUT2D eigenvalue weighted by atomic mass is 16.5. The number of fused-ring (bicyclic) bond motifs is 5. The molecule has 4 aliphatic carbocycles. The van der Waals surface area contributed by atoms with Crippen LogP contribution in [0.4, 0.5) is 0 Å². The Balaban J connectivity index is 1.22. The first kappa shape index (κ1) is 29.3. The highest BCUT2D eigenvalue weighted by Gasteiger charge is 2.65. The first-order valence-electron chi connectivity index (χ1n) is 15.2. The number of amides is 1. The van der Waals surface area contributed by atoms with Gasteiger partial charge in [0.2, 0.25) is 5.91 Å². The average molecular weight is 557 g/mol. The molecule has 0 unspecified atom stereocenters. The number of carbonyl (C=O) groups is 1. The first-order chi connectivity index (χ1) is 19.0. The van der Waals surface area contributed by atoms with Gasteiger partial charge in [-0.2, -0.15) is 5.10 Å². The Hall–Kier alpha value is -2.16. The van der Waals surface area contributed by atoms with Gasteiger partial charge in [-0.25, -0.2) is 5.43 Å². The standard InChI is InChI=1S/C32H48N2O6/c1-18(8-11-28(38)34-33-17-19-6-5-7-26(40-4)30(19)39)22-9-10-23-29-24(16-27(37)32(22,23)3)31(2)13-12-21(35)14-20(31)15-25(29)36/h5-7,17-18,20-25,27,29,35-37,39H,8-16H2,1-4H3,(H,34,38)/b33-17+/t18-,20+,21-,22-,23+,24+,25-,27+,29+,31+,32-/m1/s1. The number of ether oxygens (including phenoxy) is 1. The molecule has 8 heteroatoms. The van der Waals surface area contributed by atoms with E-state index in [4.69, 9.17) is 4.74 Å². The Morgan fingerprint density at radius 1 is 1.15 bits per heavy atom. The fourth-order valence-corrected chi connectivity index (χ4v) is 9.73. The van der Waals surface area contributed by atoms with E-state index >= 15 is 0 Å². The van der Waals surface area contributed by atoms with Crippen LogP contribution in [0.5, 0.6) is 11.5 Å². The summed E-state index contributed by atoms with van der Waals surface area (Å²) in [6.07, 6.45) is 7.37. The minimum atomic E-state index is -0.433. The predicted octanol–water partition coefficient (Wildman–Crippen LogP) is 4.23. The lowest BCUT2D eigenvalue weighted by molar-refractivity contribution is -0.207. The molecule has 4 saturated carbocycles. The molecule has 0 aromatic heterocycles. The molecule has 11 atom stereocenters. The number of rotatable bonds is 7. The van der Waals surface area contributed by atoms with Crippen molar-refractivity contribution in [2.75, 3.05) is 7.11 Å². The molecule has 4 aliphatic rings. The number of para-hydroxylation sites is 1. The minimum Gasteiger partial charge on any atom is -0.504 e. The number of phenolic OH excluding ortho intramolecular Hbond substituents is 1.